The average Bonchev–Trinajstić information content (AvgIpc) is 3.23. The van der Waals surface area contributed by atoms with Gasteiger partial charge < -0.3 is 15.0 Å². The zero-order chi connectivity index (χ0) is 19.6. The van der Waals surface area contributed by atoms with E-state index in [0.717, 1.165) is 40.9 Å². The Morgan fingerprint density at radius 2 is 1.83 bits per heavy atom. The van der Waals surface area contributed by atoms with E-state index in [1.54, 1.807) is 18.3 Å². The van der Waals surface area contributed by atoms with Gasteiger partial charge in [-0.1, -0.05) is 0 Å². The first-order valence-electron chi connectivity index (χ1n) is 9.42. The van der Waals surface area contributed by atoms with Crippen LogP contribution in [0.4, 0.5) is 21.8 Å². The molecule has 4 aromatic rings. The highest BCUT2D eigenvalue weighted by molar-refractivity contribution is 5.83. The first-order valence-corrected chi connectivity index (χ1v) is 9.42. The number of morpholine rings is 1. The maximum Gasteiger partial charge on any atom is 0.228 e. The molecule has 0 atom stereocenters. The standard InChI is InChI=1S/C21H19FN6O/c22-16-3-1-14(2-4-16)19-12-20(26-21(25-19)28-7-9-29-10-8-28)24-17-5-6-18-15(11-17)13-23-27-18/h1-6,11-13H,7-10H2,(H,23,27)(H,24,25,26). The van der Waals surface area contributed by atoms with Crippen LogP contribution in [0.5, 0.6) is 0 Å². The predicted octanol–water partition coefficient (Wildman–Crippen LogP) is 3.74. The molecule has 1 fully saturated rings. The molecule has 29 heavy (non-hydrogen) atoms. The molecule has 0 bridgehead atoms. The van der Waals surface area contributed by atoms with Crippen molar-refractivity contribution in [3.05, 3.63) is 60.5 Å². The second kappa shape index (κ2) is 7.48. The van der Waals surface area contributed by atoms with Crippen molar-refractivity contribution in [2.75, 3.05) is 36.5 Å². The molecule has 0 radical (unpaired) electrons. The number of hydrogen-bond acceptors (Lipinski definition) is 6. The average molecular weight is 390 g/mol. The number of ether oxygens (including phenoxy) is 1. The first-order chi connectivity index (χ1) is 14.2. The van der Waals surface area contributed by atoms with Crippen LogP contribution in [0, 0.1) is 5.82 Å². The minimum absolute atomic E-state index is 0.275. The van der Waals surface area contributed by atoms with Crippen LogP contribution in [0.25, 0.3) is 22.2 Å². The second-order valence-corrected chi connectivity index (χ2v) is 6.84. The van der Waals surface area contributed by atoms with Gasteiger partial charge >= 0.3 is 0 Å². The Bertz CT molecular complexity index is 1140. The van der Waals surface area contributed by atoms with Crippen LogP contribution in [-0.2, 0) is 4.74 Å². The van der Waals surface area contributed by atoms with Gasteiger partial charge in [0, 0.05) is 35.8 Å². The molecule has 2 aromatic carbocycles. The summed E-state index contributed by atoms with van der Waals surface area (Å²) in [6.07, 6.45) is 1.78. The Labute approximate surface area is 166 Å². The number of rotatable bonds is 4. The maximum absolute atomic E-state index is 13.4. The molecule has 7 nitrogen and oxygen atoms in total. The minimum Gasteiger partial charge on any atom is -0.378 e. The van der Waals surface area contributed by atoms with Gasteiger partial charge in [-0.05, 0) is 42.5 Å². The van der Waals surface area contributed by atoms with Gasteiger partial charge in [0.05, 0.1) is 30.6 Å². The Balaban J connectivity index is 1.53. The monoisotopic (exact) mass is 390 g/mol. The van der Waals surface area contributed by atoms with Gasteiger partial charge in [0.25, 0.3) is 0 Å². The Kier molecular flexibility index (Phi) is 4.53. The van der Waals surface area contributed by atoms with E-state index < -0.39 is 0 Å². The highest BCUT2D eigenvalue weighted by Gasteiger charge is 2.16. The topological polar surface area (TPSA) is 79.0 Å². The SMILES string of the molecule is Fc1ccc(-c2cc(Nc3ccc4[nH]ncc4c3)nc(N3CCOCC3)n2)cc1. The van der Waals surface area contributed by atoms with Gasteiger partial charge in [-0.2, -0.15) is 10.1 Å². The van der Waals surface area contributed by atoms with E-state index in [0.29, 0.717) is 25.0 Å². The number of hydrogen-bond donors (Lipinski definition) is 2. The van der Waals surface area contributed by atoms with Crippen molar-refractivity contribution in [2.45, 2.75) is 0 Å². The summed E-state index contributed by atoms with van der Waals surface area (Å²) in [6.45, 7) is 2.74. The summed E-state index contributed by atoms with van der Waals surface area (Å²) in [5.74, 6) is 1.02. The summed E-state index contributed by atoms with van der Waals surface area (Å²) >= 11 is 0. The number of H-pyrrole nitrogens is 1. The molecule has 2 N–H and O–H groups in total. The molecule has 8 heteroatoms. The number of aromatic amines is 1. The van der Waals surface area contributed by atoms with Gasteiger partial charge in [0.2, 0.25) is 5.95 Å². The molecule has 146 valence electrons. The molecule has 3 heterocycles. The van der Waals surface area contributed by atoms with E-state index in [-0.39, 0.29) is 5.82 Å². The number of benzene rings is 2. The summed E-state index contributed by atoms with van der Waals surface area (Å²) in [7, 11) is 0. The molecular formula is C21H19FN6O. The largest absolute Gasteiger partial charge is 0.378 e. The Hall–Kier alpha value is -3.52. The van der Waals surface area contributed by atoms with E-state index in [1.807, 2.05) is 24.3 Å². The predicted molar refractivity (Wildman–Crippen MR) is 110 cm³/mol. The van der Waals surface area contributed by atoms with Crippen LogP contribution in [0.2, 0.25) is 0 Å². The number of aromatic nitrogens is 4. The van der Waals surface area contributed by atoms with Crippen LogP contribution in [0.3, 0.4) is 0 Å². The smallest absolute Gasteiger partial charge is 0.228 e. The van der Waals surface area contributed by atoms with Crippen LogP contribution in [-0.4, -0.2) is 46.5 Å². The lowest BCUT2D eigenvalue weighted by Gasteiger charge is -2.27. The van der Waals surface area contributed by atoms with E-state index in [4.69, 9.17) is 14.7 Å². The van der Waals surface area contributed by atoms with Gasteiger partial charge in [-0.15, -0.1) is 0 Å². The lowest BCUT2D eigenvalue weighted by molar-refractivity contribution is 0.122. The van der Waals surface area contributed by atoms with Crippen LogP contribution in [0.1, 0.15) is 0 Å². The normalized spacial score (nSPS) is 14.3. The highest BCUT2D eigenvalue weighted by Crippen LogP contribution is 2.26. The van der Waals surface area contributed by atoms with E-state index in [9.17, 15) is 4.39 Å². The van der Waals surface area contributed by atoms with Crippen LogP contribution in [0.15, 0.2) is 54.7 Å². The molecular weight excluding hydrogens is 371 g/mol. The summed E-state index contributed by atoms with van der Waals surface area (Å²) in [5.41, 5.74) is 3.43. The molecule has 0 aliphatic carbocycles. The van der Waals surface area contributed by atoms with E-state index in [2.05, 4.69) is 20.4 Å². The molecule has 0 unspecified atom stereocenters. The van der Waals surface area contributed by atoms with Crippen molar-refractivity contribution in [3.63, 3.8) is 0 Å². The zero-order valence-corrected chi connectivity index (χ0v) is 15.6. The molecule has 0 saturated carbocycles. The summed E-state index contributed by atoms with van der Waals surface area (Å²) in [6, 6.07) is 14.1. The maximum atomic E-state index is 13.4. The number of fused-ring (bicyclic) bond motifs is 1. The number of anilines is 3. The quantitative estimate of drug-likeness (QED) is 0.553. The number of nitrogens with zero attached hydrogens (tertiary/aromatic N) is 4. The van der Waals surface area contributed by atoms with Crippen LogP contribution < -0.4 is 10.2 Å². The van der Waals surface area contributed by atoms with Crippen molar-refractivity contribution in [3.8, 4) is 11.3 Å². The van der Waals surface area contributed by atoms with Crippen molar-refractivity contribution < 1.29 is 9.13 Å². The Morgan fingerprint density at radius 3 is 2.66 bits per heavy atom. The third kappa shape index (κ3) is 3.74. The summed E-state index contributed by atoms with van der Waals surface area (Å²) in [5, 5.41) is 11.4. The number of halogens is 1. The molecule has 0 amide bonds. The van der Waals surface area contributed by atoms with Crippen molar-refractivity contribution in [2.24, 2.45) is 0 Å². The molecule has 1 saturated heterocycles. The first kappa shape index (κ1) is 17.6. The highest BCUT2D eigenvalue weighted by atomic mass is 19.1. The van der Waals surface area contributed by atoms with Crippen LogP contribution >= 0.6 is 0 Å². The molecule has 2 aromatic heterocycles. The lowest BCUT2D eigenvalue weighted by atomic mass is 10.1. The van der Waals surface area contributed by atoms with E-state index >= 15 is 0 Å². The zero-order valence-electron chi connectivity index (χ0n) is 15.6. The minimum atomic E-state index is -0.275. The van der Waals surface area contributed by atoms with E-state index in [1.165, 1.54) is 12.1 Å². The lowest BCUT2D eigenvalue weighted by Crippen LogP contribution is -2.37. The molecule has 5 rings (SSSR count). The van der Waals surface area contributed by atoms with Gasteiger partial charge in [-0.3, -0.25) is 5.10 Å². The van der Waals surface area contributed by atoms with Gasteiger partial charge in [-0.25, -0.2) is 9.37 Å². The third-order valence-electron chi connectivity index (χ3n) is 4.86. The van der Waals surface area contributed by atoms with Gasteiger partial charge in [0.1, 0.15) is 11.6 Å². The Morgan fingerprint density at radius 1 is 1.00 bits per heavy atom. The third-order valence-corrected chi connectivity index (χ3v) is 4.86. The van der Waals surface area contributed by atoms with Crippen molar-refractivity contribution in [1.29, 1.82) is 0 Å². The van der Waals surface area contributed by atoms with Crippen molar-refractivity contribution >= 4 is 28.4 Å². The second-order valence-electron chi connectivity index (χ2n) is 6.84. The van der Waals surface area contributed by atoms with Crippen molar-refractivity contribution in [1.82, 2.24) is 20.2 Å². The summed E-state index contributed by atoms with van der Waals surface area (Å²) in [4.78, 5) is 11.5. The molecule has 1 aliphatic rings. The fourth-order valence-corrected chi connectivity index (χ4v) is 3.34. The fourth-order valence-electron chi connectivity index (χ4n) is 3.34. The van der Waals surface area contributed by atoms with Gasteiger partial charge in [0.15, 0.2) is 0 Å². The summed E-state index contributed by atoms with van der Waals surface area (Å²) < 4.78 is 18.8. The number of nitrogens with one attached hydrogen (secondary N) is 2. The molecule has 0 spiro atoms. The molecule has 1 aliphatic heterocycles. The fraction of sp³-hybridized carbons (Fsp3) is 0.190.